The van der Waals surface area contributed by atoms with Crippen molar-refractivity contribution in [3.63, 3.8) is 0 Å². The smallest absolute Gasteiger partial charge is 0.000139 e. The van der Waals surface area contributed by atoms with Crippen LogP contribution in [0.25, 0.3) is 0 Å². The first-order chi connectivity index (χ1) is 7.85. The van der Waals surface area contributed by atoms with E-state index in [0.29, 0.717) is 5.41 Å². The van der Waals surface area contributed by atoms with Gasteiger partial charge < -0.3 is 5.73 Å². The molecular weight excluding hydrogens is 214 g/mol. The highest BCUT2D eigenvalue weighted by Gasteiger charge is 2.30. The van der Waals surface area contributed by atoms with Gasteiger partial charge in [-0.25, -0.2) is 0 Å². The number of hydrogen-bond acceptors (Lipinski definition) is 2. The summed E-state index contributed by atoms with van der Waals surface area (Å²) >= 11 is 2.08. The van der Waals surface area contributed by atoms with E-state index >= 15 is 0 Å². The minimum atomic E-state index is 0.415. The first kappa shape index (κ1) is 12.0. The Morgan fingerprint density at radius 1 is 1.25 bits per heavy atom. The summed E-state index contributed by atoms with van der Waals surface area (Å²) in [4.78, 5) is 0. The first-order valence-electron chi connectivity index (χ1n) is 6.16. The first-order valence-corrected chi connectivity index (χ1v) is 7.32. The van der Waals surface area contributed by atoms with E-state index in [2.05, 4.69) is 42.1 Å². The fraction of sp³-hybridized carbons (Fsp3) is 0.571. The molecule has 16 heavy (non-hydrogen) atoms. The van der Waals surface area contributed by atoms with Gasteiger partial charge in [0.2, 0.25) is 0 Å². The molecule has 0 radical (unpaired) electrons. The van der Waals surface area contributed by atoms with Gasteiger partial charge in [0.25, 0.3) is 0 Å². The van der Waals surface area contributed by atoms with Crippen LogP contribution in [0.2, 0.25) is 0 Å². The van der Waals surface area contributed by atoms with Gasteiger partial charge in [-0.2, -0.15) is 11.8 Å². The molecule has 2 N–H and O–H groups in total. The van der Waals surface area contributed by atoms with E-state index in [1.54, 1.807) is 0 Å². The molecule has 1 aliphatic rings. The summed E-state index contributed by atoms with van der Waals surface area (Å²) in [5.41, 5.74) is 7.85. The number of rotatable bonds is 4. The maximum Gasteiger partial charge on any atom is 0.000139 e. The second kappa shape index (κ2) is 5.74. The quantitative estimate of drug-likeness (QED) is 0.868. The van der Waals surface area contributed by atoms with Gasteiger partial charge in [-0.3, -0.25) is 0 Å². The molecular formula is C14H21NS. The van der Waals surface area contributed by atoms with Gasteiger partial charge in [-0.15, -0.1) is 0 Å². The monoisotopic (exact) mass is 235 g/mol. The SMILES string of the molecule is NCC1(CCc2ccccc2)CCCSC1. The lowest BCUT2D eigenvalue weighted by Crippen LogP contribution is -2.36. The molecule has 1 aromatic rings. The Balaban J connectivity index is 1.92. The van der Waals surface area contributed by atoms with Crippen molar-refractivity contribution in [1.82, 2.24) is 0 Å². The van der Waals surface area contributed by atoms with Crippen LogP contribution in [0, 0.1) is 5.41 Å². The van der Waals surface area contributed by atoms with Crippen LogP contribution in [0.4, 0.5) is 0 Å². The number of hydrogen-bond donors (Lipinski definition) is 1. The average Bonchev–Trinajstić information content (AvgIpc) is 2.39. The molecule has 0 aromatic heterocycles. The molecule has 2 rings (SSSR count). The number of nitrogens with two attached hydrogens (primary N) is 1. The normalized spacial score (nSPS) is 25.6. The Morgan fingerprint density at radius 3 is 2.69 bits per heavy atom. The molecule has 1 unspecified atom stereocenters. The molecule has 88 valence electrons. The molecule has 0 spiro atoms. The van der Waals surface area contributed by atoms with Crippen molar-refractivity contribution in [1.29, 1.82) is 0 Å². The highest BCUT2D eigenvalue weighted by atomic mass is 32.2. The fourth-order valence-corrected chi connectivity index (χ4v) is 3.76. The summed E-state index contributed by atoms with van der Waals surface area (Å²) in [6.07, 6.45) is 5.10. The highest BCUT2D eigenvalue weighted by molar-refractivity contribution is 7.99. The lowest BCUT2D eigenvalue weighted by Gasteiger charge is -2.36. The van der Waals surface area contributed by atoms with Gasteiger partial charge in [0.15, 0.2) is 0 Å². The van der Waals surface area contributed by atoms with Crippen molar-refractivity contribution < 1.29 is 0 Å². The summed E-state index contributed by atoms with van der Waals surface area (Å²) in [6.45, 7) is 0.854. The van der Waals surface area contributed by atoms with Crippen molar-refractivity contribution in [3.8, 4) is 0 Å². The van der Waals surface area contributed by atoms with E-state index in [0.717, 1.165) is 6.54 Å². The maximum atomic E-state index is 5.99. The van der Waals surface area contributed by atoms with Crippen LogP contribution in [0.5, 0.6) is 0 Å². The van der Waals surface area contributed by atoms with E-state index in [9.17, 15) is 0 Å². The van der Waals surface area contributed by atoms with E-state index in [1.807, 2.05) is 0 Å². The van der Waals surface area contributed by atoms with Crippen molar-refractivity contribution in [2.24, 2.45) is 11.1 Å². The van der Waals surface area contributed by atoms with Crippen LogP contribution < -0.4 is 5.73 Å². The van der Waals surface area contributed by atoms with Gasteiger partial charge >= 0.3 is 0 Å². The van der Waals surface area contributed by atoms with Crippen LogP contribution in [0.15, 0.2) is 30.3 Å². The molecule has 0 amide bonds. The zero-order chi connectivity index (χ0) is 11.3. The minimum absolute atomic E-state index is 0.415. The summed E-state index contributed by atoms with van der Waals surface area (Å²) in [5, 5.41) is 0. The molecule has 0 aliphatic carbocycles. The van der Waals surface area contributed by atoms with Gasteiger partial charge in [-0.05, 0) is 49.0 Å². The molecule has 1 saturated heterocycles. The standard InChI is InChI=1S/C14H21NS/c15-11-14(8-4-10-16-12-14)9-7-13-5-2-1-3-6-13/h1-3,5-6H,4,7-12,15H2. The average molecular weight is 235 g/mol. The third-order valence-electron chi connectivity index (χ3n) is 3.62. The molecule has 0 saturated carbocycles. The predicted octanol–water partition coefficient (Wildman–Crippen LogP) is 3.09. The van der Waals surface area contributed by atoms with E-state index < -0.39 is 0 Å². The lowest BCUT2D eigenvalue weighted by atomic mass is 9.80. The van der Waals surface area contributed by atoms with Crippen LogP contribution >= 0.6 is 11.8 Å². The second-order valence-corrected chi connectivity index (χ2v) is 5.95. The largest absolute Gasteiger partial charge is 0.330 e. The second-order valence-electron chi connectivity index (χ2n) is 4.85. The Morgan fingerprint density at radius 2 is 2.06 bits per heavy atom. The van der Waals surface area contributed by atoms with Crippen molar-refractivity contribution in [3.05, 3.63) is 35.9 Å². The van der Waals surface area contributed by atoms with Gasteiger partial charge in [0.1, 0.15) is 0 Å². The van der Waals surface area contributed by atoms with Crippen molar-refractivity contribution in [2.45, 2.75) is 25.7 Å². The Kier molecular flexibility index (Phi) is 4.30. The summed E-state index contributed by atoms with van der Waals surface area (Å²) < 4.78 is 0. The van der Waals surface area contributed by atoms with Crippen LogP contribution in [-0.4, -0.2) is 18.1 Å². The zero-order valence-corrected chi connectivity index (χ0v) is 10.6. The Bertz CT molecular complexity index is 304. The molecule has 1 nitrogen and oxygen atoms in total. The minimum Gasteiger partial charge on any atom is -0.330 e. The third-order valence-corrected chi connectivity index (χ3v) is 5.02. The Hall–Kier alpha value is -0.470. The Labute approximate surface area is 103 Å². The molecule has 2 heteroatoms. The van der Waals surface area contributed by atoms with E-state index in [1.165, 1.54) is 42.8 Å². The lowest BCUT2D eigenvalue weighted by molar-refractivity contribution is 0.282. The van der Waals surface area contributed by atoms with Gasteiger partial charge in [-0.1, -0.05) is 30.3 Å². The maximum absolute atomic E-state index is 5.99. The van der Waals surface area contributed by atoms with Crippen molar-refractivity contribution in [2.75, 3.05) is 18.1 Å². The summed E-state index contributed by atoms with van der Waals surface area (Å²) in [5.74, 6) is 2.59. The van der Waals surface area contributed by atoms with Crippen LogP contribution in [0.3, 0.4) is 0 Å². The third kappa shape index (κ3) is 3.02. The van der Waals surface area contributed by atoms with Crippen molar-refractivity contribution >= 4 is 11.8 Å². The van der Waals surface area contributed by atoms with Crippen LogP contribution in [0.1, 0.15) is 24.8 Å². The molecule has 0 bridgehead atoms. The van der Waals surface area contributed by atoms with Gasteiger partial charge in [0.05, 0.1) is 0 Å². The number of benzene rings is 1. The molecule has 1 aliphatic heterocycles. The number of aryl methyl sites for hydroxylation is 1. The molecule has 1 fully saturated rings. The molecule has 1 atom stereocenters. The fourth-order valence-electron chi connectivity index (χ4n) is 2.42. The number of thioether (sulfide) groups is 1. The summed E-state index contributed by atoms with van der Waals surface area (Å²) in [6, 6.07) is 10.8. The van der Waals surface area contributed by atoms with E-state index in [-0.39, 0.29) is 0 Å². The molecule has 1 aromatic carbocycles. The topological polar surface area (TPSA) is 26.0 Å². The molecule has 1 heterocycles. The van der Waals surface area contributed by atoms with Crippen LogP contribution in [-0.2, 0) is 6.42 Å². The highest BCUT2D eigenvalue weighted by Crippen LogP contribution is 2.37. The van der Waals surface area contributed by atoms with Gasteiger partial charge in [0, 0.05) is 5.75 Å². The van der Waals surface area contributed by atoms with E-state index in [4.69, 9.17) is 5.73 Å². The zero-order valence-electron chi connectivity index (χ0n) is 9.82. The summed E-state index contributed by atoms with van der Waals surface area (Å²) in [7, 11) is 0. The predicted molar refractivity (Wildman–Crippen MR) is 72.8 cm³/mol.